The Labute approximate surface area is 108 Å². The van der Waals surface area contributed by atoms with Crippen LogP contribution in [0.3, 0.4) is 0 Å². The highest BCUT2D eigenvalue weighted by Gasteiger charge is 2.14. The van der Waals surface area contributed by atoms with Crippen molar-refractivity contribution < 1.29 is 9.21 Å². The third-order valence-corrected chi connectivity index (χ3v) is 3.49. The van der Waals surface area contributed by atoms with Crippen LogP contribution in [0.4, 0.5) is 0 Å². The second-order valence-electron chi connectivity index (χ2n) is 5.01. The monoisotopic (exact) mass is 247 g/mol. The van der Waals surface area contributed by atoms with Gasteiger partial charge in [0.1, 0.15) is 11.5 Å². The van der Waals surface area contributed by atoms with Gasteiger partial charge in [0, 0.05) is 12.6 Å². The predicted octanol–water partition coefficient (Wildman–Crippen LogP) is 3.30. The number of rotatable bonds is 5. The molecule has 1 aromatic rings. The van der Waals surface area contributed by atoms with E-state index in [-0.39, 0.29) is 5.91 Å². The van der Waals surface area contributed by atoms with Crippen LogP contribution in [-0.4, -0.2) is 12.5 Å². The van der Waals surface area contributed by atoms with Crippen molar-refractivity contribution in [3.8, 4) is 0 Å². The van der Waals surface area contributed by atoms with Gasteiger partial charge in [0.25, 0.3) is 0 Å². The van der Waals surface area contributed by atoms with Gasteiger partial charge in [0.15, 0.2) is 0 Å². The molecule has 1 fully saturated rings. The lowest BCUT2D eigenvalue weighted by Crippen LogP contribution is -2.23. The third kappa shape index (κ3) is 4.06. The molecule has 0 saturated heterocycles. The molecule has 0 radical (unpaired) electrons. The number of hydrogen-bond acceptors (Lipinski definition) is 2. The van der Waals surface area contributed by atoms with E-state index >= 15 is 0 Å². The maximum atomic E-state index is 11.6. The number of furan rings is 1. The maximum Gasteiger partial charge on any atom is 0.244 e. The van der Waals surface area contributed by atoms with Gasteiger partial charge in [-0.25, -0.2) is 0 Å². The third-order valence-electron chi connectivity index (χ3n) is 3.49. The number of aryl methyl sites for hydroxylation is 1. The Balaban J connectivity index is 1.66. The van der Waals surface area contributed by atoms with Crippen LogP contribution in [0.15, 0.2) is 22.6 Å². The number of amides is 1. The number of nitrogens with one attached hydrogen (secondary N) is 1. The van der Waals surface area contributed by atoms with Gasteiger partial charge < -0.3 is 9.73 Å². The molecule has 1 saturated carbocycles. The van der Waals surface area contributed by atoms with Crippen LogP contribution in [-0.2, 0) is 4.79 Å². The fourth-order valence-electron chi connectivity index (χ4n) is 2.46. The first-order valence-corrected chi connectivity index (χ1v) is 6.76. The Bertz CT molecular complexity index is 414. The molecule has 1 amide bonds. The maximum absolute atomic E-state index is 11.6. The summed E-state index contributed by atoms with van der Waals surface area (Å²) in [5.74, 6) is 2.36. The van der Waals surface area contributed by atoms with E-state index in [1.54, 1.807) is 6.08 Å². The highest BCUT2D eigenvalue weighted by Crippen LogP contribution is 2.26. The zero-order valence-corrected chi connectivity index (χ0v) is 10.9. The molecule has 0 bridgehead atoms. The molecule has 0 aliphatic heterocycles. The van der Waals surface area contributed by atoms with Crippen LogP contribution in [0.25, 0.3) is 6.08 Å². The van der Waals surface area contributed by atoms with E-state index in [0.29, 0.717) is 0 Å². The van der Waals surface area contributed by atoms with Crippen LogP contribution < -0.4 is 5.32 Å². The Kier molecular flexibility index (Phi) is 4.62. The summed E-state index contributed by atoms with van der Waals surface area (Å²) in [6.07, 6.45) is 9.73. The molecule has 1 aromatic heterocycles. The smallest absolute Gasteiger partial charge is 0.244 e. The second kappa shape index (κ2) is 6.43. The zero-order valence-electron chi connectivity index (χ0n) is 10.9. The van der Waals surface area contributed by atoms with Gasteiger partial charge in [-0.2, -0.15) is 0 Å². The first-order chi connectivity index (χ1) is 8.74. The Morgan fingerprint density at radius 2 is 2.22 bits per heavy atom. The first kappa shape index (κ1) is 12.9. The quantitative estimate of drug-likeness (QED) is 0.811. The van der Waals surface area contributed by atoms with Crippen LogP contribution in [0.5, 0.6) is 0 Å². The summed E-state index contributed by atoms with van der Waals surface area (Å²) >= 11 is 0. The van der Waals surface area contributed by atoms with Gasteiger partial charge in [0.2, 0.25) is 5.91 Å². The molecule has 1 heterocycles. The summed E-state index contributed by atoms with van der Waals surface area (Å²) in [6, 6.07) is 3.75. The molecular weight excluding hydrogens is 226 g/mol. The minimum absolute atomic E-state index is 0.0398. The van der Waals surface area contributed by atoms with Crippen molar-refractivity contribution >= 4 is 12.0 Å². The fraction of sp³-hybridized carbons (Fsp3) is 0.533. The lowest BCUT2D eigenvalue weighted by Gasteiger charge is -2.08. The highest BCUT2D eigenvalue weighted by atomic mass is 16.3. The van der Waals surface area contributed by atoms with Gasteiger partial charge in [0.05, 0.1) is 0 Å². The summed E-state index contributed by atoms with van der Waals surface area (Å²) in [6.45, 7) is 2.67. The summed E-state index contributed by atoms with van der Waals surface area (Å²) in [5.41, 5.74) is 0. The Hall–Kier alpha value is -1.51. The average Bonchev–Trinajstić information content (AvgIpc) is 2.98. The summed E-state index contributed by atoms with van der Waals surface area (Å²) in [4.78, 5) is 11.6. The van der Waals surface area contributed by atoms with Crippen LogP contribution in [0.2, 0.25) is 0 Å². The summed E-state index contributed by atoms with van der Waals surface area (Å²) in [5, 5.41) is 2.92. The molecule has 3 heteroatoms. The second-order valence-corrected chi connectivity index (χ2v) is 5.01. The van der Waals surface area contributed by atoms with Crippen LogP contribution in [0, 0.1) is 12.8 Å². The molecule has 0 atom stereocenters. The van der Waals surface area contributed by atoms with Crippen molar-refractivity contribution in [3.63, 3.8) is 0 Å². The number of hydrogen-bond donors (Lipinski definition) is 1. The minimum Gasteiger partial charge on any atom is -0.462 e. The lowest BCUT2D eigenvalue weighted by molar-refractivity contribution is -0.116. The first-order valence-electron chi connectivity index (χ1n) is 6.76. The molecule has 0 spiro atoms. The molecule has 98 valence electrons. The van der Waals surface area contributed by atoms with Gasteiger partial charge in [-0.05, 0) is 37.5 Å². The molecule has 1 aliphatic carbocycles. The molecule has 18 heavy (non-hydrogen) atoms. The van der Waals surface area contributed by atoms with Gasteiger partial charge in [-0.15, -0.1) is 0 Å². The van der Waals surface area contributed by atoms with E-state index in [0.717, 1.165) is 30.4 Å². The molecule has 3 nitrogen and oxygen atoms in total. The molecule has 2 rings (SSSR count). The summed E-state index contributed by atoms with van der Waals surface area (Å²) in [7, 11) is 0. The standard InChI is InChI=1S/C15H21NO2/c1-12-6-7-14(18-12)8-9-15(17)16-11-10-13-4-2-3-5-13/h6-9,13H,2-5,10-11H2,1H3,(H,16,17)/b9-8+. The molecular formula is C15H21NO2. The SMILES string of the molecule is Cc1ccc(/C=C/C(=O)NCCC2CCCC2)o1. The molecule has 1 aliphatic rings. The minimum atomic E-state index is -0.0398. The molecule has 0 unspecified atom stereocenters. The highest BCUT2D eigenvalue weighted by molar-refractivity contribution is 5.91. The molecule has 1 N–H and O–H groups in total. The van der Waals surface area contributed by atoms with Crippen LogP contribution >= 0.6 is 0 Å². The summed E-state index contributed by atoms with van der Waals surface area (Å²) < 4.78 is 5.35. The van der Waals surface area contributed by atoms with Crippen molar-refractivity contribution in [2.45, 2.75) is 39.0 Å². The van der Waals surface area contributed by atoms with E-state index in [9.17, 15) is 4.79 Å². The van der Waals surface area contributed by atoms with Gasteiger partial charge in [-0.3, -0.25) is 4.79 Å². The van der Waals surface area contributed by atoms with Crippen molar-refractivity contribution in [2.24, 2.45) is 5.92 Å². The van der Waals surface area contributed by atoms with E-state index in [4.69, 9.17) is 4.42 Å². The van der Waals surface area contributed by atoms with E-state index < -0.39 is 0 Å². The van der Waals surface area contributed by atoms with Gasteiger partial charge >= 0.3 is 0 Å². The normalized spacial score (nSPS) is 16.5. The average molecular weight is 247 g/mol. The fourth-order valence-corrected chi connectivity index (χ4v) is 2.46. The number of carbonyl (C=O) groups is 1. The van der Waals surface area contributed by atoms with Crippen LogP contribution in [0.1, 0.15) is 43.6 Å². The van der Waals surface area contributed by atoms with Crippen molar-refractivity contribution in [3.05, 3.63) is 29.7 Å². The Morgan fingerprint density at radius 3 is 2.89 bits per heavy atom. The Morgan fingerprint density at radius 1 is 1.44 bits per heavy atom. The number of carbonyl (C=O) groups excluding carboxylic acids is 1. The van der Waals surface area contributed by atoms with Crippen molar-refractivity contribution in [2.75, 3.05) is 6.54 Å². The topological polar surface area (TPSA) is 42.2 Å². The largest absolute Gasteiger partial charge is 0.462 e. The molecule has 0 aromatic carbocycles. The zero-order chi connectivity index (χ0) is 12.8. The van der Waals surface area contributed by atoms with Crippen molar-refractivity contribution in [1.29, 1.82) is 0 Å². The van der Waals surface area contributed by atoms with Crippen molar-refractivity contribution in [1.82, 2.24) is 5.32 Å². The predicted molar refractivity (Wildman–Crippen MR) is 72.1 cm³/mol. The van der Waals surface area contributed by atoms with E-state index in [1.807, 2.05) is 19.1 Å². The van der Waals surface area contributed by atoms with E-state index in [1.165, 1.54) is 31.8 Å². The lowest BCUT2D eigenvalue weighted by atomic mass is 10.0. The van der Waals surface area contributed by atoms with Gasteiger partial charge in [-0.1, -0.05) is 25.7 Å². The van der Waals surface area contributed by atoms with E-state index in [2.05, 4.69) is 5.32 Å².